The molecule has 0 bridgehead atoms. The van der Waals surface area contributed by atoms with Crippen molar-refractivity contribution in [3.8, 4) is 0 Å². The van der Waals surface area contributed by atoms with Gasteiger partial charge in [0.25, 0.3) is 5.91 Å². The van der Waals surface area contributed by atoms with Crippen molar-refractivity contribution in [2.75, 3.05) is 0 Å². The first-order valence-electron chi connectivity index (χ1n) is 7.92. The summed E-state index contributed by atoms with van der Waals surface area (Å²) in [6.07, 6.45) is 7.95. The van der Waals surface area contributed by atoms with Gasteiger partial charge in [0.2, 0.25) is 0 Å². The average Bonchev–Trinajstić information content (AvgIpc) is 3.02. The van der Waals surface area contributed by atoms with E-state index in [1.165, 1.54) is 32.1 Å². The van der Waals surface area contributed by atoms with Crippen LogP contribution in [0.15, 0.2) is 10.6 Å². The lowest BCUT2D eigenvalue weighted by Gasteiger charge is -2.21. The zero-order valence-electron chi connectivity index (χ0n) is 12.4. The van der Waals surface area contributed by atoms with Crippen LogP contribution in [0.25, 0.3) is 0 Å². The van der Waals surface area contributed by atoms with Gasteiger partial charge in [-0.05, 0) is 18.3 Å². The Kier molecular flexibility index (Phi) is 3.81. The molecule has 2 atom stereocenters. The number of rotatable bonds is 4. The summed E-state index contributed by atoms with van der Waals surface area (Å²) < 4.78 is 5.18. The molecule has 0 spiro atoms. The Bertz CT molecular complexity index is 475. The molecule has 2 aliphatic carbocycles. The molecule has 20 heavy (non-hydrogen) atoms. The largest absolute Gasteiger partial charge is 0.360 e. The topological polar surface area (TPSA) is 55.1 Å². The second-order valence-electron chi connectivity index (χ2n) is 6.65. The zero-order chi connectivity index (χ0) is 14.1. The third-order valence-electron chi connectivity index (χ3n) is 4.74. The number of hydrogen-bond donors (Lipinski definition) is 1. The van der Waals surface area contributed by atoms with Gasteiger partial charge in [-0.25, -0.2) is 0 Å². The molecule has 0 saturated heterocycles. The van der Waals surface area contributed by atoms with E-state index in [0.717, 1.165) is 18.1 Å². The third kappa shape index (κ3) is 2.89. The summed E-state index contributed by atoms with van der Waals surface area (Å²) in [4.78, 5) is 12.1. The van der Waals surface area contributed by atoms with Gasteiger partial charge in [-0.1, -0.05) is 51.1 Å². The Morgan fingerprint density at radius 3 is 2.75 bits per heavy atom. The highest BCUT2D eigenvalue weighted by atomic mass is 16.5. The van der Waals surface area contributed by atoms with E-state index >= 15 is 0 Å². The van der Waals surface area contributed by atoms with Gasteiger partial charge in [-0.15, -0.1) is 0 Å². The van der Waals surface area contributed by atoms with Crippen molar-refractivity contribution in [3.63, 3.8) is 0 Å². The smallest absolute Gasteiger partial charge is 0.273 e. The standard InChI is InChI=1S/C16H24N2O2/c1-10(2)15-9-14(18-20-15)16(19)17-13-8-12(13)11-6-4-3-5-7-11/h9-13H,3-8H2,1-2H3,(H,17,19). The molecule has 2 saturated carbocycles. The zero-order valence-corrected chi connectivity index (χ0v) is 12.4. The van der Waals surface area contributed by atoms with Gasteiger partial charge >= 0.3 is 0 Å². The van der Waals surface area contributed by atoms with Crippen molar-refractivity contribution in [1.29, 1.82) is 0 Å². The molecule has 4 nitrogen and oxygen atoms in total. The van der Waals surface area contributed by atoms with Gasteiger partial charge in [0.1, 0.15) is 5.76 Å². The molecule has 4 heteroatoms. The molecule has 2 unspecified atom stereocenters. The van der Waals surface area contributed by atoms with E-state index in [-0.39, 0.29) is 11.8 Å². The maximum absolute atomic E-state index is 12.1. The van der Waals surface area contributed by atoms with Crippen molar-refractivity contribution in [3.05, 3.63) is 17.5 Å². The van der Waals surface area contributed by atoms with E-state index in [0.29, 0.717) is 17.7 Å². The lowest BCUT2D eigenvalue weighted by atomic mass is 9.85. The molecule has 2 aliphatic rings. The molecule has 1 aromatic heterocycles. The molecule has 0 radical (unpaired) electrons. The Hall–Kier alpha value is -1.32. The molecule has 0 aliphatic heterocycles. The fourth-order valence-electron chi connectivity index (χ4n) is 3.37. The predicted octanol–water partition coefficient (Wildman–Crippen LogP) is 3.50. The average molecular weight is 276 g/mol. The number of carbonyl (C=O) groups is 1. The van der Waals surface area contributed by atoms with Crippen molar-refractivity contribution in [1.82, 2.24) is 10.5 Å². The molecule has 3 rings (SSSR count). The summed E-state index contributed by atoms with van der Waals surface area (Å²) in [5.41, 5.74) is 0.419. The van der Waals surface area contributed by atoms with Crippen molar-refractivity contribution >= 4 is 5.91 Å². The lowest BCUT2D eigenvalue weighted by Crippen LogP contribution is -2.28. The quantitative estimate of drug-likeness (QED) is 0.915. The summed E-state index contributed by atoms with van der Waals surface area (Å²) in [5.74, 6) is 2.49. The highest BCUT2D eigenvalue weighted by molar-refractivity contribution is 5.92. The fraction of sp³-hybridized carbons (Fsp3) is 0.750. The minimum absolute atomic E-state index is 0.0797. The van der Waals surface area contributed by atoms with Crippen molar-refractivity contribution in [2.45, 2.75) is 64.3 Å². The first-order chi connectivity index (χ1) is 9.65. The van der Waals surface area contributed by atoms with Crippen LogP contribution in [-0.4, -0.2) is 17.1 Å². The maximum atomic E-state index is 12.1. The molecule has 110 valence electrons. The highest BCUT2D eigenvalue weighted by Crippen LogP contribution is 2.44. The monoisotopic (exact) mass is 276 g/mol. The van der Waals surface area contributed by atoms with Crippen LogP contribution >= 0.6 is 0 Å². The van der Waals surface area contributed by atoms with Crippen LogP contribution in [0.4, 0.5) is 0 Å². The SMILES string of the molecule is CC(C)c1cc(C(=O)NC2CC2C2CCCCC2)no1. The number of nitrogens with zero attached hydrogens (tertiary/aromatic N) is 1. The molecule has 2 fully saturated rings. The van der Waals surface area contributed by atoms with Crippen LogP contribution in [0.2, 0.25) is 0 Å². The van der Waals surface area contributed by atoms with E-state index in [1.54, 1.807) is 6.07 Å². The Morgan fingerprint density at radius 1 is 1.35 bits per heavy atom. The van der Waals surface area contributed by atoms with Crippen LogP contribution in [0.5, 0.6) is 0 Å². The van der Waals surface area contributed by atoms with Gasteiger partial charge in [0.05, 0.1) is 0 Å². The second kappa shape index (κ2) is 5.58. The Morgan fingerprint density at radius 2 is 2.10 bits per heavy atom. The minimum Gasteiger partial charge on any atom is -0.360 e. The first-order valence-corrected chi connectivity index (χ1v) is 7.92. The van der Waals surface area contributed by atoms with Gasteiger partial charge in [0, 0.05) is 18.0 Å². The summed E-state index contributed by atoms with van der Waals surface area (Å²) in [7, 11) is 0. The van der Waals surface area contributed by atoms with Crippen LogP contribution < -0.4 is 5.32 Å². The lowest BCUT2D eigenvalue weighted by molar-refractivity contribution is 0.0937. The summed E-state index contributed by atoms with van der Waals surface area (Å²) in [5, 5.41) is 6.98. The van der Waals surface area contributed by atoms with E-state index in [1.807, 2.05) is 13.8 Å². The molecule has 0 aromatic carbocycles. The second-order valence-corrected chi connectivity index (χ2v) is 6.65. The van der Waals surface area contributed by atoms with Gasteiger partial charge in [-0.2, -0.15) is 0 Å². The Balaban J connectivity index is 1.52. The fourth-order valence-corrected chi connectivity index (χ4v) is 3.37. The van der Waals surface area contributed by atoms with E-state index in [4.69, 9.17) is 4.52 Å². The molecule has 1 heterocycles. The number of hydrogen-bond acceptors (Lipinski definition) is 3. The first kappa shape index (κ1) is 13.7. The summed E-state index contributed by atoms with van der Waals surface area (Å²) in [6, 6.07) is 2.13. The van der Waals surface area contributed by atoms with E-state index in [2.05, 4.69) is 10.5 Å². The maximum Gasteiger partial charge on any atom is 0.273 e. The third-order valence-corrected chi connectivity index (χ3v) is 4.74. The molecule has 1 amide bonds. The molecule has 1 aromatic rings. The number of carbonyl (C=O) groups excluding carboxylic acids is 1. The van der Waals surface area contributed by atoms with Crippen LogP contribution in [0, 0.1) is 11.8 Å². The number of nitrogens with one attached hydrogen (secondary N) is 1. The normalized spacial score (nSPS) is 26.8. The number of aromatic nitrogens is 1. The summed E-state index contributed by atoms with van der Waals surface area (Å²) >= 11 is 0. The highest BCUT2D eigenvalue weighted by Gasteiger charge is 2.44. The van der Waals surface area contributed by atoms with Crippen LogP contribution in [0.1, 0.15) is 74.5 Å². The number of amides is 1. The van der Waals surface area contributed by atoms with Crippen LogP contribution in [0.3, 0.4) is 0 Å². The molecular formula is C16H24N2O2. The van der Waals surface area contributed by atoms with E-state index in [9.17, 15) is 4.79 Å². The minimum atomic E-state index is -0.0797. The van der Waals surface area contributed by atoms with Crippen molar-refractivity contribution < 1.29 is 9.32 Å². The van der Waals surface area contributed by atoms with E-state index < -0.39 is 0 Å². The van der Waals surface area contributed by atoms with Gasteiger partial charge < -0.3 is 9.84 Å². The summed E-state index contributed by atoms with van der Waals surface area (Å²) in [6.45, 7) is 4.06. The van der Waals surface area contributed by atoms with Crippen molar-refractivity contribution in [2.24, 2.45) is 11.8 Å². The van der Waals surface area contributed by atoms with Crippen LogP contribution in [-0.2, 0) is 0 Å². The molecule has 1 N–H and O–H groups in total. The predicted molar refractivity (Wildman–Crippen MR) is 76.5 cm³/mol. The Labute approximate surface area is 120 Å². The van der Waals surface area contributed by atoms with Gasteiger partial charge in [-0.3, -0.25) is 4.79 Å². The molecular weight excluding hydrogens is 252 g/mol. The van der Waals surface area contributed by atoms with Gasteiger partial charge in [0.15, 0.2) is 5.69 Å².